The van der Waals surface area contributed by atoms with E-state index in [-0.39, 0.29) is 34.8 Å². The molecule has 188 valence electrons. The van der Waals surface area contributed by atoms with Crippen LogP contribution in [-0.2, 0) is 21.4 Å². The molecule has 1 saturated heterocycles. The number of aliphatic hydroxyl groups is 1. The van der Waals surface area contributed by atoms with Gasteiger partial charge in [0.25, 0.3) is 0 Å². The number of carbonyl (C=O) groups is 2. The van der Waals surface area contributed by atoms with Gasteiger partial charge >= 0.3 is 0 Å². The number of nitrogens with one attached hydrogen (secondary N) is 1. The minimum Gasteiger partial charge on any atom is -0.504 e. The Bertz CT molecular complexity index is 1330. The summed E-state index contributed by atoms with van der Waals surface area (Å²) in [6, 6.07) is 7.98. The van der Waals surface area contributed by atoms with Gasteiger partial charge in [-0.05, 0) is 74.4 Å². The van der Waals surface area contributed by atoms with Crippen molar-refractivity contribution in [1.29, 1.82) is 0 Å². The molecule has 3 fully saturated rings. The highest BCUT2D eigenvalue weighted by Gasteiger charge is 2.75. The molecule has 7 nitrogen and oxygen atoms in total. The number of likely N-dealkylation sites (tertiary alicyclic amines) is 1. The van der Waals surface area contributed by atoms with Crippen LogP contribution in [0.25, 0.3) is 0 Å². The van der Waals surface area contributed by atoms with E-state index in [9.17, 15) is 19.8 Å². The van der Waals surface area contributed by atoms with Gasteiger partial charge in [0.05, 0.1) is 21.1 Å². The molecule has 7 rings (SSSR count). The van der Waals surface area contributed by atoms with E-state index in [2.05, 4.69) is 10.2 Å². The molecule has 5 atom stereocenters. The average Bonchev–Trinajstić information content (AvgIpc) is 3.58. The smallest absolute Gasteiger partial charge is 0.235 e. The van der Waals surface area contributed by atoms with Gasteiger partial charge < -0.3 is 20.3 Å². The number of nitrogens with zero attached hydrogens (tertiary/aromatic N) is 1. The van der Waals surface area contributed by atoms with E-state index >= 15 is 0 Å². The topological polar surface area (TPSA) is 99.1 Å². The van der Waals surface area contributed by atoms with Crippen molar-refractivity contribution in [2.75, 3.05) is 18.4 Å². The van der Waals surface area contributed by atoms with E-state index in [1.54, 1.807) is 18.2 Å². The number of phenols is 1. The third kappa shape index (κ3) is 2.94. The van der Waals surface area contributed by atoms with Crippen molar-refractivity contribution in [3.05, 3.63) is 51.5 Å². The number of ether oxygens (including phenoxy) is 1. The quantitative estimate of drug-likeness (QED) is 0.523. The first-order chi connectivity index (χ1) is 17.2. The highest BCUT2D eigenvalue weighted by molar-refractivity contribution is 6.42. The lowest BCUT2D eigenvalue weighted by Gasteiger charge is -2.63. The van der Waals surface area contributed by atoms with Crippen molar-refractivity contribution in [2.45, 2.75) is 55.3 Å². The van der Waals surface area contributed by atoms with Crippen LogP contribution in [0.5, 0.6) is 11.5 Å². The van der Waals surface area contributed by atoms with Crippen LogP contribution < -0.4 is 10.1 Å². The lowest BCUT2D eigenvalue weighted by atomic mass is 9.47. The van der Waals surface area contributed by atoms with Gasteiger partial charge in [0.1, 0.15) is 5.92 Å². The van der Waals surface area contributed by atoms with Gasteiger partial charge in [-0.25, -0.2) is 0 Å². The Kier molecular flexibility index (Phi) is 4.82. The summed E-state index contributed by atoms with van der Waals surface area (Å²) in [6.45, 7) is 1.65. The number of hydrogen-bond acceptors (Lipinski definition) is 6. The molecule has 0 aromatic heterocycles. The van der Waals surface area contributed by atoms with E-state index in [4.69, 9.17) is 27.9 Å². The molecule has 2 heterocycles. The third-order valence-corrected chi connectivity index (χ3v) is 9.87. The zero-order chi connectivity index (χ0) is 25.0. The standard InChI is InChI=1S/C27H26Cl2N2O5/c28-17-5-4-15(10-18(17)29)30-25(34)16-11-27(35)20-9-14-3-6-19(32)23-21(14)26(27,24(36-23)22(16)33)7-8-31(20)12-13-1-2-13/h3-6,10,13,16,20,24,32,35H,1-2,7-9,11-12H2,(H,30,34)/t16?,20-,24+,26+,27-/m1/s1. The summed E-state index contributed by atoms with van der Waals surface area (Å²) in [7, 11) is 0. The molecule has 3 aliphatic carbocycles. The number of aromatic hydroxyl groups is 1. The zero-order valence-corrected chi connectivity index (χ0v) is 21.0. The molecule has 2 aliphatic heterocycles. The van der Waals surface area contributed by atoms with Crippen LogP contribution in [0.1, 0.15) is 36.8 Å². The summed E-state index contributed by atoms with van der Waals surface area (Å²) in [6.07, 6.45) is 2.47. The second-order valence-corrected chi connectivity index (χ2v) is 11.8. The summed E-state index contributed by atoms with van der Waals surface area (Å²) in [4.78, 5) is 29.7. The number of carbonyl (C=O) groups excluding carboxylic acids is 2. The summed E-state index contributed by atoms with van der Waals surface area (Å²) < 4.78 is 6.18. The molecule has 1 amide bonds. The van der Waals surface area contributed by atoms with E-state index in [1.165, 1.54) is 18.9 Å². The number of benzene rings is 2. The zero-order valence-electron chi connectivity index (χ0n) is 19.5. The molecule has 1 spiro atoms. The molecule has 1 unspecified atom stereocenters. The number of halogens is 2. The van der Waals surface area contributed by atoms with Crippen LogP contribution in [0.4, 0.5) is 5.69 Å². The van der Waals surface area contributed by atoms with Crippen molar-refractivity contribution >= 4 is 40.6 Å². The van der Waals surface area contributed by atoms with Gasteiger partial charge in [0.2, 0.25) is 5.91 Å². The van der Waals surface area contributed by atoms with Gasteiger partial charge in [-0.1, -0.05) is 29.3 Å². The van der Waals surface area contributed by atoms with E-state index in [0.29, 0.717) is 29.5 Å². The molecule has 3 N–H and O–H groups in total. The molecule has 2 aromatic carbocycles. The van der Waals surface area contributed by atoms with E-state index in [1.807, 2.05) is 6.07 Å². The van der Waals surface area contributed by atoms with Gasteiger partial charge in [0, 0.05) is 23.8 Å². The maximum absolute atomic E-state index is 13.9. The average molecular weight is 529 g/mol. The minimum atomic E-state index is -1.36. The van der Waals surface area contributed by atoms with Crippen LogP contribution in [0, 0.1) is 11.8 Å². The Morgan fingerprint density at radius 1 is 1.19 bits per heavy atom. The number of piperidine rings is 1. The second-order valence-electron chi connectivity index (χ2n) is 11.0. The van der Waals surface area contributed by atoms with Crippen molar-refractivity contribution in [3.63, 3.8) is 0 Å². The summed E-state index contributed by atoms with van der Waals surface area (Å²) in [5.74, 6) is -1.11. The largest absolute Gasteiger partial charge is 0.504 e. The first-order valence-corrected chi connectivity index (χ1v) is 13.3. The maximum atomic E-state index is 13.9. The normalized spacial score (nSPS) is 34.2. The SMILES string of the molecule is O=C(Nc1ccc(Cl)c(Cl)c1)C1C[C@@]2(O)[C@H]3Cc4ccc(O)c5c4[C@@]2(CCN3CC2CC2)[C@@H](O5)C1=O. The van der Waals surface area contributed by atoms with Crippen LogP contribution in [0.2, 0.25) is 10.0 Å². The summed E-state index contributed by atoms with van der Waals surface area (Å²) >= 11 is 12.1. The molecular weight excluding hydrogens is 503 g/mol. The Morgan fingerprint density at radius 2 is 2.00 bits per heavy atom. The predicted octanol–water partition coefficient (Wildman–Crippen LogP) is 3.70. The molecule has 0 radical (unpaired) electrons. The maximum Gasteiger partial charge on any atom is 0.235 e. The van der Waals surface area contributed by atoms with Crippen molar-refractivity contribution < 1.29 is 24.5 Å². The highest BCUT2D eigenvalue weighted by atomic mass is 35.5. The predicted molar refractivity (Wildman–Crippen MR) is 134 cm³/mol. The van der Waals surface area contributed by atoms with Crippen LogP contribution in [0.3, 0.4) is 0 Å². The fraction of sp³-hybridized carbons (Fsp3) is 0.481. The number of amides is 1. The molecular formula is C27H26Cl2N2O5. The Labute approximate surface area is 218 Å². The number of anilines is 1. The lowest BCUT2D eigenvalue weighted by molar-refractivity contribution is -0.197. The number of phenolic OH excluding ortho intramolecular Hbond substituents is 1. The van der Waals surface area contributed by atoms with Gasteiger partial charge in [-0.15, -0.1) is 0 Å². The third-order valence-electron chi connectivity index (χ3n) is 9.13. The number of hydrogen-bond donors (Lipinski definition) is 3. The summed E-state index contributed by atoms with van der Waals surface area (Å²) in [5, 5.41) is 26.7. The monoisotopic (exact) mass is 528 g/mol. The molecule has 9 heteroatoms. The number of rotatable bonds is 4. The molecule has 5 aliphatic rings. The molecule has 2 saturated carbocycles. The molecule has 2 aromatic rings. The van der Waals surface area contributed by atoms with Crippen molar-refractivity contribution in [2.24, 2.45) is 11.8 Å². The minimum absolute atomic E-state index is 0.000776. The number of Topliss-reactive ketones (excluding diaryl/α,β-unsaturated/α-hetero) is 1. The fourth-order valence-corrected chi connectivity index (χ4v) is 7.63. The molecule has 36 heavy (non-hydrogen) atoms. The van der Waals surface area contributed by atoms with Crippen LogP contribution >= 0.6 is 23.2 Å². The summed E-state index contributed by atoms with van der Waals surface area (Å²) in [5.41, 5.74) is -0.147. The Morgan fingerprint density at radius 3 is 2.75 bits per heavy atom. The first kappa shape index (κ1) is 22.8. The van der Waals surface area contributed by atoms with Crippen LogP contribution in [-0.4, -0.2) is 57.6 Å². The van der Waals surface area contributed by atoms with Gasteiger partial charge in [0.15, 0.2) is 23.4 Å². The van der Waals surface area contributed by atoms with Gasteiger partial charge in [-0.2, -0.15) is 0 Å². The Hall–Kier alpha value is -2.32. The fourth-order valence-electron chi connectivity index (χ4n) is 7.33. The van der Waals surface area contributed by atoms with Crippen LogP contribution in [0.15, 0.2) is 30.3 Å². The first-order valence-electron chi connectivity index (χ1n) is 12.5. The Balaban J connectivity index is 1.31. The van der Waals surface area contributed by atoms with E-state index in [0.717, 1.165) is 24.2 Å². The highest BCUT2D eigenvalue weighted by Crippen LogP contribution is 2.65. The molecule has 2 bridgehead atoms. The van der Waals surface area contributed by atoms with Gasteiger partial charge in [-0.3, -0.25) is 14.5 Å². The van der Waals surface area contributed by atoms with E-state index < -0.39 is 28.9 Å². The van der Waals surface area contributed by atoms with Crippen molar-refractivity contribution in [3.8, 4) is 11.5 Å². The van der Waals surface area contributed by atoms with Crippen molar-refractivity contribution in [1.82, 2.24) is 4.90 Å². The second kappa shape index (κ2) is 7.60. The number of ketones is 1. The lowest BCUT2D eigenvalue weighted by Crippen LogP contribution is -2.78.